The zero-order valence-corrected chi connectivity index (χ0v) is 12.9. The molecule has 0 saturated carbocycles. The third-order valence-corrected chi connectivity index (χ3v) is 4.74. The van der Waals surface area contributed by atoms with E-state index in [1.807, 2.05) is 5.38 Å². The summed E-state index contributed by atoms with van der Waals surface area (Å²) < 4.78 is 0.798. The highest BCUT2D eigenvalue weighted by atomic mass is 79.9. The first-order valence-corrected chi connectivity index (χ1v) is 7.33. The lowest BCUT2D eigenvalue weighted by Gasteiger charge is -2.10. The summed E-state index contributed by atoms with van der Waals surface area (Å²) in [5.41, 5.74) is 2.14. The smallest absolute Gasteiger partial charge is 0.171 e. The van der Waals surface area contributed by atoms with E-state index in [1.54, 1.807) is 11.3 Å². The molecule has 0 atom stereocenters. The van der Waals surface area contributed by atoms with Crippen LogP contribution in [0.15, 0.2) is 15.9 Å². The minimum absolute atomic E-state index is 0.309. The average molecular weight is 332 g/mol. The van der Waals surface area contributed by atoms with E-state index in [0.29, 0.717) is 11.1 Å². The SMILES string of the molecule is Cc1ccsc1-c1nc(Cl)c(Br)c(C(C)C)n1. The minimum Gasteiger partial charge on any atom is -0.231 e. The highest BCUT2D eigenvalue weighted by molar-refractivity contribution is 9.10. The molecular formula is C12H12BrClN2S. The van der Waals surface area contributed by atoms with Crippen molar-refractivity contribution in [2.45, 2.75) is 26.7 Å². The fourth-order valence-corrected chi connectivity index (χ4v) is 3.19. The number of aryl methyl sites for hydroxylation is 1. The number of hydrogen-bond donors (Lipinski definition) is 0. The van der Waals surface area contributed by atoms with Gasteiger partial charge in [0.1, 0.15) is 5.15 Å². The molecule has 90 valence electrons. The third kappa shape index (κ3) is 2.54. The molecule has 0 aliphatic rings. The van der Waals surface area contributed by atoms with Crippen LogP contribution >= 0.6 is 38.9 Å². The van der Waals surface area contributed by atoms with Gasteiger partial charge in [-0.3, -0.25) is 0 Å². The van der Waals surface area contributed by atoms with Crippen LogP contribution in [0.1, 0.15) is 31.0 Å². The van der Waals surface area contributed by atoms with Gasteiger partial charge in [0.2, 0.25) is 0 Å². The first kappa shape index (κ1) is 13.0. The summed E-state index contributed by atoms with van der Waals surface area (Å²) >= 11 is 11.2. The fraction of sp³-hybridized carbons (Fsp3) is 0.333. The number of nitrogens with zero attached hydrogens (tertiary/aromatic N) is 2. The molecule has 0 unspecified atom stereocenters. The van der Waals surface area contributed by atoms with Crippen molar-refractivity contribution in [1.82, 2.24) is 9.97 Å². The van der Waals surface area contributed by atoms with Gasteiger partial charge in [0, 0.05) is 0 Å². The van der Waals surface area contributed by atoms with Gasteiger partial charge >= 0.3 is 0 Å². The molecule has 0 radical (unpaired) electrons. The lowest BCUT2D eigenvalue weighted by Crippen LogP contribution is -2.00. The summed E-state index contributed by atoms with van der Waals surface area (Å²) in [5, 5.41) is 2.52. The second-order valence-corrected chi connectivity index (χ2v) is 6.19. The molecule has 0 saturated heterocycles. The largest absolute Gasteiger partial charge is 0.231 e. The second-order valence-electron chi connectivity index (χ2n) is 4.12. The molecule has 0 N–H and O–H groups in total. The maximum atomic E-state index is 6.14. The zero-order valence-electron chi connectivity index (χ0n) is 9.79. The van der Waals surface area contributed by atoms with Crippen molar-refractivity contribution in [1.29, 1.82) is 0 Å². The molecule has 2 nitrogen and oxygen atoms in total. The van der Waals surface area contributed by atoms with Crippen LogP contribution in [-0.4, -0.2) is 9.97 Å². The number of hydrogen-bond acceptors (Lipinski definition) is 3. The second kappa shape index (κ2) is 5.04. The molecule has 0 aliphatic carbocycles. The quantitative estimate of drug-likeness (QED) is 0.719. The molecule has 2 aromatic heterocycles. The van der Waals surface area contributed by atoms with E-state index in [2.05, 4.69) is 52.7 Å². The van der Waals surface area contributed by atoms with Crippen LogP contribution in [0.5, 0.6) is 0 Å². The van der Waals surface area contributed by atoms with Crippen LogP contribution in [-0.2, 0) is 0 Å². The van der Waals surface area contributed by atoms with Gasteiger partial charge in [0.05, 0.1) is 15.0 Å². The van der Waals surface area contributed by atoms with Gasteiger partial charge < -0.3 is 0 Å². The normalized spacial score (nSPS) is 11.2. The number of rotatable bonds is 2. The fourth-order valence-electron chi connectivity index (χ4n) is 1.52. The van der Waals surface area contributed by atoms with Crippen molar-refractivity contribution in [3.63, 3.8) is 0 Å². The van der Waals surface area contributed by atoms with Gasteiger partial charge in [0.15, 0.2) is 5.82 Å². The lowest BCUT2D eigenvalue weighted by molar-refractivity contribution is 0.809. The Bertz CT molecular complexity index is 551. The summed E-state index contributed by atoms with van der Waals surface area (Å²) in [6.07, 6.45) is 0. The van der Waals surface area contributed by atoms with E-state index in [9.17, 15) is 0 Å². The van der Waals surface area contributed by atoms with Crippen LogP contribution < -0.4 is 0 Å². The zero-order chi connectivity index (χ0) is 12.6. The molecule has 2 heterocycles. The van der Waals surface area contributed by atoms with Gasteiger partial charge in [0.25, 0.3) is 0 Å². The Kier molecular flexibility index (Phi) is 3.85. The molecule has 2 rings (SSSR count). The average Bonchev–Trinajstić information content (AvgIpc) is 2.68. The van der Waals surface area contributed by atoms with E-state index >= 15 is 0 Å². The molecule has 2 aromatic rings. The maximum absolute atomic E-state index is 6.14. The molecule has 0 aromatic carbocycles. The molecule has 5 heteroatoms. The lowest BCUT2D eigenvalue weighted by atomic mass is 10.1. The van der Waals surface area contributed by atoms with Crippen molar-refractivity contribution in [3.05, 3.63) is 32.3 Å². The molecule has 0 spiro atoms. The van der Waals surface area contributed by atoms with Crippen LogP contribution in [0.2, 0.25) is 5.15 Å². The molecule has 0 bridgehead atoms. The molecule has 0 amide bonds. The predicted molar refractivity (Wildman–Crippen MR) is 76.9 cm³/mol. The van der Waals surface area contributed by atoms with Crippen LogP contribution in [0.3, 0.4) is 0 Å². The van der Waals surface area contributed by atoms with E-state index in [0.717, 1.165) is 20.9 Å². The summed E-state index contributed by atoms with van der Waals surface area (Å²) in [6, 6.07) is 2.06. The summed E-state index contributed by atoms with van der Waals surface area (Å²) in [7, 11) is 0. The van der Waals surface area contributed by atoms with Crippen LogP contribution in [0.25, 0.3) is 10.7 Å². The Labute approximate surface area is 118 Å². The topological polar surface area (TPSA) is 25.8 Å². The van der Waals surface area contributed by atoms with E-state index in [1.165, 1.54) is 5.56 Å². The Morgan fingerprint density at radius 2 is 2.06 bits per heavy atom. The molecule has 17 heavy (non-hydrogen) atoms. The first-order chi connectivity index (χ1) is 8.00. The monoisotopic (exact) mass is 330 g/mol. The molecule has 0 aliphatic heterocycles. The number of aromatic nitrogens is 2. The molecular weight excluding hydrogens is 320 g/mol. The van der Waals surface area contributed by atoms with Crippen LogP contribution in [0, 0.1) is 6.92 Å². The third-order valence-electron chi connectivity index (χ3n) is 2.45. The van der Waals surface area contributed by atoms with Gasteiger partial charge in [-0.1, -0.05) is 25.4 Å². The van der Waals surface area contributed by atoms with Gasteiger partial charge in [-0.2, -0.15) is 0 Å². The first-order valence-electron chi connectivity index (χ1n) is 5.28. The van der Waals surface area contributed by atoms with Gasteiger partial charge in [-0.05, 0) is 45.8 Å². The van der Waals surface area contributed by atoms with Crippen molar-refractivity contribution in [2.24, 2.45) is 0 Å². The Morgan fingerprint density at radius 3 is 2.59 bits per heavy atom. The molecule has 0 fully saturated rings. The summed E-state index contributed by atoms with van der Waals surface area (Å²) in [5.74, 6) is 1.03. The van der Waals surface area contributed by atoms with Crippen LogP contribution in [0.4, 0.5) is 0 Å². The van der Waals surface area contributed by atoms with E-state index < -0.39 is 0 Å². The van der Waals surface area contributed by atoms with Crippen molar-refractivity contribution in [3.8, 4) is 10.7 Å². The highest BCUT2D eigenvalue weighted by Gasteiger charge is 2.16. The summed E-state index contributed by atoms with van der Waals surface area (Å²) in [6.45, 7) is 6.24. The summed E-state index contributed by atoms with van der Waals surface area (Å²) in [4.78, 5) is 10.0. The predicted octanol–water partition coefficient (Wildman–Crippen LogP) is 5.05. The highest BCUT2D eigenvalue weighted by Crippen LogP contribution is 2.33. The Hall–Kier alpha value is -0.450. The number of thiophene rings is 1. The minimum atomic E-state index is 0.309. The van der Waals surface area contributed by atoms with Gasteiger partial charge in [-0.25, -0.2) is 9.97 Å². The standard InChI is InChI=1S/C12H12BrClN2S/c1-6(2)9-8(13)11(14)16-12(15-9)10-7(3)4-5-17-10/h4-6H,1-3H3. The van der Waals surface area contributed by atoms with E-state index in [4.69, 9.17) is 11.6 Å². The Morgan fingerprint density at radius 1 is 1.35 bits per heavy atom. The van der Waals surface area contributed by atoms with Crippen molar-refractivity contribution >= 4 is 38.9 Å². The van der Waals surface area contributed by atoms with E-state index in [-0.39, 0.29) is 0 Å². The maximum Gasteiger partial charge on any atom is 0.171 e. The van der Waals surface area contributed by atoms with Gasteiger partial charge in [-0.15, -0.1) is 11.3 Å². The number of halogens is 2. The van der Waals surface area contributed by atoms with Crippen molar-refractivity contribution in [2.75, 3.05) is 0 Å². The Balaban J connectivity index is 2.61. The van der Waals surface area contributed by atoms with Crippen molar-refractivity contribution < 1.29 is 0 Å².